The van der Waals surface area contributed by atoms with E-state index in [9.17, 15) is 0 Å². The quantitative estimate of drug-likeness (QED) is 0.461. The minimum atomic E-state index is 0.518. The molecule has 0 aliphatic heterocycles. The van der Waals surface area contributed by atoms with Crippen molar-refractivity contribution in [2.24, 2.45) is 0 Å². The molecule has 0 spiro atoms. The molecule has 0 bridgehead atoms. The van der Waals surface area contributed by atoms with Crippen LogP contribution >= 0.6 is 0 Å². The second kappa shape index (κ2) is 6.26. The van der Waals surface area contributed by atoms with E-state index in [4.69, 9.17) is 0 Å². The first-order valence-electron chi connectivity index (χ1n) is 2.50. The average Bonchev–Trinajstić information content (AvgIpc) is 1.81. The maximum atomic E-state index is 4.68. The van der Waals surface area contributed by atoms with E-state index in [2.05, 4.69) is 16.6 Å². The summed E-state index contributed by atoms with van der Waals surface area (Å²) in [5.41, 5.74) is 0. The van der Waals surface area contributed by atoms with E-state index in [-0.39, 0.29) is 0 Å². The molecule has 0 aromatic rings. The number of allylic oxidation sites excluding steroid dienone is 2. The van der Waals surface area contributed by atoms with Gasteiger partial charge >= 0.3 is 0 Å². The largest absolute Gasteiger partial charge is 0.372 e. The minimum Gasteiger partial charge on any atom is -0.372 e. The van der Waals surface area contributed by atoms with E-state index in [1.807, 2.05) is 13.0 Å². The molecule has 1 nitrogen and oxygen atoms in total. The first kappa shape index (κ1) is 7.26. The second-order valence-electron chi connectivity index (χ2n) is 1.25. The van der Waals surface area contributed by atoms with Crippen molar-refractivity contribution < 1.29 is 4.74 Å². The first-order valence-corrected chi connectivity index (χ1v) is 2.50. The molecule has 0 radical (unpaired) electrons. The Hall–Kier alpha value is -0.740. The van der Waals surface area contributed by atoms with Gasteiger partial charge in [0.25, 0.3) is 0 Å². The lowest BCUT2D eigenvalue weighted by Crippen LogP contribution is -1.79. The third-order valence-corrected chi connectivity index (χ3v) is 0.569. The molecule has 0 aliphatic rings. The topological polar surface area (TPSA) is 9.23 Å². The molecule has 0 saturated heterocycles. The third-order valence-electron chi connectivity index (χ3n) is 0.569. The number of ether oxygens (including phenoxy) is 1. The van der Waals surface area contributed by atoms with Gasteiger partial charge in [0.1, 0.15) is 6.61 Å². The normalized spacial score (nSPS) is 8.75. The Morgan fingerprint density at radius 2 is 2.38 bits per heavy atom. The van der Waals surface area contributed by atoms with E-state index < -0.39 is 0 Å². The first-order chi connectivity index (χ1) is 3.91. The van der Waals surface area contributed by atoms with Crippen molar-refractivity contribution in [1.82, 2.24) is 0 Å². The molecule has 0 saturated carbocycles. The van der Waals surface area contributed by atoms with Crippen LogP contribution in [0.3, 0.4) is 0 Å². The van der Waals surface area contributed by atoms with Gasteiger partial charge in [-0.3, -0.25) is 0 Å². The van der Waals surface area contributed by atoms with Crippen LogP contribution in [-0.2, 0) is 4.74 Å². The Kier molecular flexibility index (Phi) is 5.68. The number of methoxy groups -OCH3 is 1. The molecule has 0 atom stereocenters. The summed E-state index contributed by atoms with van der Waals surface area (Å²) in [5.74, 6) is 5.56. The molecule has 0 unspecified atom stereocenters. The van der Waals surface area contributed by atoms with Crippen LogP contribution in [0.4, 0.5) is 0 Å². The molecule has 0 aromatic carbocycles. The van der Waals surface area contributed by atoms with Gasteiger partial charge < -0.3 is 4.74 Å². The number of hydrogen-bond donors (Lipinski definition) is 0. The van der Waals surface area contributed by atoms with Crippen molar-refractivity contribution >= 4 is 0 Å². The van der Waals surface area contributed by atoms with Crippen molar-refractivity contribution in [2.45, 2.75) is 6.92 Å². The van der Waals surface area contributed by atoms with Crippen LogP contribution in [0, 0.1) is 11.8 Å². The molecule has 0 N–H and O–H groups in total. The van der Waals surface area contributed by atoms with Crippen LogP contribution < -0.4 is 0 Å². The molecule has 0 aromatic heterocycles. The van der Waals surface area contributed by atoms with Crippen molar-refractivity contribution in [3.05, 3.63) is 12.2 Å². The van der Waals surface area contributed by atoms with Gasteiger partial charge in [-0.1, -0.05) is 17.9 Å². The fraction of sp³-hybridized carbons (Fsp3) is 0.429. The van der Waals surface area contributed by atoms with Crippen molar-refractivity contribution in [3.8, 4) is 11.8 Å². The molecule has 0 aliphatic carbocycles. The van der Waals surface area contributed by atoms with Gasteiger partial charge in [-0.05, 0) is 13.0 Å². The van der Waals surface area contributed by atoms with Gasteiger partial charge in [0, 0.05) is 7.11 Å². The Labute approximate surface area is 50.4 Å². The molecule has 44 valence electrons. The molecule has 0 rings (SSSR count). The highest BCUT2D eigenvalue weighted by molar-refractivity contribution is 5.14. The van der Waals surface area contributed by atoms with Crippen LogP contribution in [0.25, 0.3) is 0 Å². The Bertz CT molecular complexity index is 114. The van der Waals surface area contributed by atoms with Crippen molar-refractivity contribution in [1.29, 1.82) is 0 Å². The smallest absolute Gasteiger partial charge is 0.107 e. The molecular weight excluding hydrogens is 100 g/mol. The van der Waals surface area contributed by atoms with Crippen LogP contribution in [0.1, 0.15) is 6.92 Å². The SMILES string of the molecule is C/C=C\C#CCOC. The fourth-order valence-electron chi connectivity index (χ4n) is 0.256. The molecule has 0 amide bonds. The molecule has 8 heavy (non-hydrogen) atoms. The van der Waals surface area contributed by atoms with Gasteiger partial charge in [0.15, 0.2) is 0 Å². The summed E-state index contributed by atoms with van der Waals surface area (Å²) in [7, 11) is 1.63. The highest BCUT2D eigenvalue weighted by atomic mass is 16.5. The lowest BCUT2D eigenvalue weighted by molar-refractivity contribution is 0.240. The lowest BCUT2D eigenvalue weighted by Gasteiger charge is -1.78. The molecule has 1 heteroatoms. The predicted octanol–water partition coefficient (Wildman–Crippen LogP) is 1.21. The molecule has 0 heterocycles. The van der Waals surface area contributed by atoms with Gasteiger partial charge in [-0.25, -0.2) is 0 Å². The summed E-state index contributed by atoms with van der Waals surface area (Å²) < 4.78 is 4.68. The van der Waals surface area contributed by atoms with E-state index in [1.54, 1.807) is 13.2 Å². The standard InChI is InChI=1S/C7H10O/c1-3-4-5-6-7-8-2/h3-4H,7H2,1-2H3/b4-3-. The Morgan fingerprint density at radius 1 is 1.62 bits per heavy atom. The zero-order valence-electron chi connectivity index (χ0n) is 5.27. The monoisotopic (exact) mass is 110 g/mol. The summed E-state index contributed by atoms with van der Waals surface area (Å²) in [4.78, 5) is 0. The molecular formula is C7H10O. The van der Waals surface area contributed by atoms with Crippen LogP contribution in [-0.4, -0.2) is 13.7 Å². The minimum absolute atomic E-state index is 0.518. The van der Waals surface area contributed by atoms with Gasteiger partial charge in [0.2, 0.25) is 0 Å². The summed E-state index contributed by atoms with van der Waals surface area (Å²) in [6.45, 7) is 2.45. The predicted molar refractivity (Wildman–Crippen MR) is 34.5 cm³/mol. The van der Waals surface area contributed by atoms with E-state index >= 15 is 0 Å². The zero-order valence-corrected chi connectivity index (χ0v) is 5.27. The second-order valence-corrected chi connectivity index (χ2v) is 1.25. The Morgan fingerprint density at radius 3 is 2.88 bits per heavy atom. The van der Waals surface area contributed by atoms with Crippen LogP contribution in [0.15, 0.2) is 12.2 Å². The van der Waals surface area contributed by atoms with Crippen molar-refractivity contribution in [3.63, 3.8) is 0 Å². The van der Waals surface area contributed by atoms with E-state index in [1.165, 1.54) is 0 Å². The molecule has 0 fully saturated rings. The summed E-state index contributed by atoms with van der Waals surface area (Å²) >= 11 is 0. The van der Waals surface area contributed by atoms with Crippen LogP contribution in [0.5, 0.6) is 0 Å². The van der Waals surface area contributed by atoms with Gasteiger partial charge in [-0.15, -0.1) is 0 Å². The third kappa shape index (κ3) is 5.26. The summed E-state index contributed by atoms with van der Waals surface area (Å²) in [6, 6.07) is 0. The fourth-order valence-corrected chi connectivity index (χ4v) is 0.256. The summed E-state index contributed by atoms with van der Waals surface area (Å²) in [5, 5.41) is 0. The van der Waals surface area contributed by atoms with E-state index in [0.717, 1.165) is 0 Å². The Balaban J connectivity index is 3.21. The van der Waals surface area contributed by atoms with Crippen molar-refractivity contribution in [2.75, 3.05) is 13.7 Å². The number of rotatable bonds is 1. The maximum absolute atomic E-state index is 4.68. The van der Waals surface area contributed by atoms with Gasteiger partial charge in [-0.2, -0.15) is 0 Å². The lowest BCUT2D eigenvalue weighted by atomic mass is 10.5. The highest BCUT2D eigenvalue weighted by Gasteiger charge is 1.62. The number of hydrogen-bond acceptors (Lipinski definition) is 1. The highest BCUT2D eigenvalue weighted by Crippen LogP contribution is 1.65. The average molecular weight is 110 g/mol. The maximum Gasteiger partial charge on any atom is 0.107 e. The zero-order chi connectivity index (χ0) is 6.24. The van der Waals surface area contributed by atoms with Gasteiger partial charge in [0.05, 0.1) is 0 Å². The van der Waals surface area contributed by atoms with E-state index in [0.29, 0.717) is 6.61 Å². The summed E-state index contributed by atoms with van der Waals surface area (Å²) in [6.07, 6.45) is 3.68. The van der Waals surface area contributed by atoms with Crippen LogP contribution in [0.2, 0.25) is 0 Å².